The van der Waals surface area contributed by atoms with E-state index in [1.165, 1.54) is 0 Å². The maximum atomic E-state index is 6.78. The fourth-order valence-electron chi connectivity index (χ4n) is 5.56. The van der Waals surface area contributed by atoms with Gasteiger partial charge in [-0.25, -0.2) is 0 Å². The molecule has 27 heavy (non-hydrogen) atoms. The molecule has 3 nitrogen and oxygen atoms in total. The highest BCUT2D eigenvalue weighted by Crippen LogP contribution is 2.45. The Morgan fingerprint density at radius 1 is 0.519 bits per heavy atom. The first-order valence-corrected chi connectivity index (χ1v) is 15.2. The van der Waals surface area contributed by atoms with Gasteiger partial charge in [-0.3, -0.25) is 4.98 Å². The molecule has 1 N–H and O–H groups in total. The summed E-state index contributed by atoms with van der Waals surface area (Å²) >= 11 is 0. The van der Waals surface area contributed by atoms with Crippen LogP contribution in [0.15, 0.2) is 12.1 Å². The van der Waals surface area contributed by atoms with Crippen molar-refractivity contribution in [1.29, 1.82) is 0 Å². The van der Waals surface area contributed by atoms with Crippen molar-refractivity contribution in [2.24, 2.45) is 0 Å². The van der Waals surface area contributed by atoms with Gasteiger partial charge < -0.3 is 8.85 Å². The molecule has 0 fully saturated rings. The van der Waals surface area contributed by atoms with Crippen LogP contribution in [0, 0.1) is 0 Å². The smallest absolute Gasteiger partial charge is 0.260 e. The molecule has 0 aliphatic heterocycles. The van der Waals surface area contributed by atoms with Crippen molar-refractivity contribution in [1.82, 2.24) is 4.98 Å². The maximum absolute atomic E-state index is 6.78. The molecule has 0 atom stereocenters. The molecule has 5 heteroatoms. The standard InChI is InChI=1S/C22H45NO2Si2/c1-15(2)26(16(3)4,17(5)6)24-21-13-14-22(23-21)25-27(18(7)8,19(9)10)20(11)12/h13-20,23H,1-12H3. The first-order valence-electron chi connectivity index (χ1n) is 10.9. The van der Waals surface area contributed by atoms with E-state index in [0.29, 0.717) is 33.2 Å². The van der Waals surface area contributed by atoms with Crippen LogP contribution < -0.4 is 8.85 Å². The van der Waals surface area contributed by atoms with Gasteiger partial charge in [0, 0.05) is 12.1 Å². The summed E-state index contributed by atoms with van der Waals surface area (Å²) < 4.78 is 13.6. The highest BCUT2D eigenvalue weighted by atomic mass is 28.4. The van der Waals surface area contributed by atoms with Crippen molar-refractivity contribution in [3.05, 3.63) is 12.1 Å². The molecule has 0 saturated heterocycles. The van der Waals surface area contributed by atoms with Gasteiger partial charge in [0.15, 0.2) is 11.8 Å². The minimum Gasteiger partial charge on any atom is -0.531 e. The van der Waals surface area contributed by atoms with E-state index in [-0.39, 0.29) is 0 Å². The number of rotatable bonds is 10. The summed E-state index contributed by atoms with van der Waals surface area (Å²) in [6.07, 6.45) is 0. The summed E-state index contributed by atoms with van der Waals surface area (Å²) in [6.45, 7) is 27.8. The van der Waals surface area contributed by atoms with E-state index in [1.807, 2.05) is 0 Å². The second kappa shape index (κ2) is 9.21. The zero-order chi connectivity index (χ0) is 21.2. The fourth-order valence-corrected chi connectivity index (χ4v) is 16.0. The summed E-state index contributed by atoms with van der Waals surface area (Å²) in [5.74, 6) is 1.76. The average Bonchev–Trinajstić information content (AvgIpc) is 2.94. The van der Waals surface area contributed by atoms with Gasteiger partial charge in [0.2, 0.25) is 0 Å². The van der Waals surface area contributed by atoms with E-state index in [9.17, 15) is 0 Å². The summed E-state index contributed by atoms with van der Waals surface area (Å²) in [5.41, 5.74) is 3.34. The van der Waals surface area contributed by atoms with Crippen molar-refractivity contribution in [2.75, 3.05) is 0 Å². The third kappa shape index (κ3) is 4.66. The molecular formula is C22H45NO2Si2. The number of nitrogens with one attached hydrogen (secondary N) is 1. The largest absolute Gasteiger partial charge is 0.531 e. The minimum atomic E-state index is -1.95. The predicted molar refractivity (Wildman–Crippen MR) is 124 cm³/mol. The van der Waals surface area contributed by atoms with Crippen molar-refractivity contribution in [2.45, 2.75) is 116 Å². The molecule has 0 aromatic carbocycles. The van der Waals surface area contributed by atoms with E-state index >= 15 is 0 Å². The zero-order valence-electron chi connectivity index (χ0n) is 19.9. The monoisotopic (exact) mass is 411 g/mol. The summed E-state index contributed by atoms with van der Waals surface area (Å²) in [6, 6.07) is 4.15. The number of H-pyrrole nitrogens is 1. The van der Waals surface area contributed by atoms with Gasteiger partial charge in [-0.1, -0.05) is 83.1 Å². The van der Waals surface area contributed by atoms with Crippen molar-refractivity contribution in [3.63, 3.8) is 0 Å². The van der Waals surface area contributed by atoms with Crippen LogP contribution in [0.1, 0.15) is 83.1 Å². The van der Waals surface area contributed by atoms with Crippen molar-refractivity contribution in [3.8, 4) is 11.8 Å². The van der Waals surface area contributed by atoms with Crippen LogP contribution >= 0.6 is 0 Å². The Morgan fingerprint density at radius 2 is 0.741 bits per heavy atom. The molecule has 0 spiro atoms. The Bertz CT molecular complexity index is 485. The second-order valence-electron chi connectivity index (χ2n) is 10.0. The van der Waals surface area contributed by atoms with Crippen molar-refractivity contribution < 1.29 is 8.85 Å². The van der Waals surface area contributed by atoms with Crippen LogP contribution in [0.25, 0.3) is 0 Å². The zero-order valence-corrected chi connectivity index (χ0v) is 21.9. The normalized spacial score (nSPS) is 13.7. The molecular weight excluding hydrogens is 366 g/mol. The van der Waals surface area contributed by atoms with Crippen LogP contribution in [0.4, 0.5) is 0 Å². The molecule has 0 saturated carbocycles. The molecule has 0 amide bonds. The van der Waals surface area contributed by atoms with Crippen LogP contribution in [0.3, 0.4) is 0 Å². The topological polar surface area (TPSA) is 34.2 Å². The van der Waals surface area contributed by atoms with Crippen LogP contribution in [-0.2, 0) is 0 Å². The lowest BCUT2D eigenvalue weighted by atomic mass is 10.5. The van der Waals surface area contributed by atoms with E-state index in [0.717, 1.165) is 11.8 Å². The van der Waals surface area contributed by atoms with Gasteiger partial charge >= 0.3 is 0 Å². The highest BCUT2D eigenvalue weighted by molar-refractivity contribution is 6.78. The summed E-state index contributed by atoms with van der Waals surface area (Å²) in [5, 5.41) is 0. The van der Waals surface area contributed by atoms with Gasteiger partial charge in [0.25, 0.3) is 16.6 Å². The highest BCUT2D eigenvalue weighted by Gasteiger charge is 2.48. The molecule has 0 bridgehead atoms. The molecule has 0 aliphatic carbocycles. The third-order valence-electron chi connectivity index (χ3n) is 6.62. The Labute approximate surface area is 170 Å². The predicted octanol–water partition coefficient (Wildman–Crippen LogP) is 8.12. The lowest BCUT2D eigenvalue weighted by Crippen LogP contribution is -2.51. The molecule has 1 aromatic rings. The Kier molecular flexibility index (Phi) is 8.30. The molecule has 1 aromatic heterocycles. The lowest BCUT2D eigenvalue weighted by Gasteiger charge is -2.42. The molecule has 158 valence electrons. The molecule has 0 unspecified atom stereocenters. The molecule has 1 heterocycles. The van der Waals surface area contributed by atoms with E-state index in [1.54, 1.807) is 0 Å². The maximum Gasteiger partial charge on any atom is 0.260 e. The minimum absolute atomic E-state index is 0.556. The average molecular weight is 412 g/mol. The Balaban J connectivity index is 3.20. The molecule has 0 aliphatic rings. The van der Waals surface area contributed by atoms with Crippen LogP contribution in [-0.4, -0.2) is 21.6 Å². The first kappa shape index (κ1) is 24.4. The lowest BCUT2D eigenvalue weighted by molar-refractivity contribution is 0.443. The van der Waals surface area contributed by atoms with Crippen LogP contribution in [0.2, 0.25) is 33.2 Å². The van der Waals surface area contributed by atoms with Gasteiger partial charge in [-0.2, -0.15) is 0 Å². The molecule has 1 rings (SSSR count). The van der Waals surface area contributed by atoms with Gasteiger partial charge in [-0.15, -0.1) is 0 Å². The molecule has 0 radical (unpaired) electrons. The summed E-state index contributed by atoms with van der Waals surface area (Å²) in [7, 11) is -3.91. The number of aromatic nitrogens is 1. The number of aromatic amines is 1. The first-order chi connectivity index (χ1) is 12.3. The summed E-state index contributed by atoms with van der Waals surface area (Å²) in [4.78, 5) is 3.48. The third-order valence-corrected chi connectivity index (χ3v) is 18.6. The SMILES string of the molecule is CC(C)[Si](Oc1ccc(O[Si](C(C)C)(C(C)C)C(C)C)[nH]1)(C(C)C)C(C)C. The van der Waals surface area contributed by atoms with E-state index in [4.69, 9.17) is 8.85 Å². The van der Waals surface area contributed by atoms with E-state index in [2.05, 4.69) is 100 Å². The fraction of sp³-hybridized carbons (Fsp3) is 0.818. The quantitative estimate of drug-likeness (QED) is 0.394. The Hall–Kier alpha value is -0.686. The van der Waals surface area contributed by atoms with Crippen LogP contribution in [0.5, 0.6) is 11.8 Å². The van der Waals surface area contributed by atoms with E-state index < -0.39 is 16.6 Å². The van der Waals surface area contributed by atoms with Crippen molar-refractivity contribution >= 4 is 16.6 Å². The number of hydrogen-bond donors (Lipinski definition) is 1. The number of hydrogen-bond acceptors (Lipinski definition) is 2. The van der Waals surface area contributed by atoms with Gasteiger partial charge in [-0.05, 0) is 33.2 Å². The Morgan fingerprint density at radius 3 is 0.926 bits per heavy atom. The van der Waals surface area contributed by atoms with Gasteiger partial charge in [0.1, 0.15) is 0 Å². The van der Waals surface area contributed by atoms with Gasteiger partial charge in [0.05, 0.1) is 0 Å². The second-order valence-corrected chi connectivity index (χ2v) is 20.8.